The van der Waals surface area contributed by atoms with Crippen LogP contribution in [0.5, 0.6) is 0 Å². The fraction of sp³-hybridized carbons (Fsp3) is 0.467. The summed E-state index contributed by atoms with van der Waals surface area (Å²) in [6.07, 6.45) is 2.57. The third-order valence-electron chi connectivity index (χ3n) is 3.03. The van der Waals surface area contributed by atoms with Crippen molar-refractivity contribution in [2.24, 2.45) is 5.73 Å². The van der Waals surface area contributed by atoms with Gasteiger partial charge in [0.2, 0.25) is 11.8 Å². The largest absolute Gasteiger partial charge is 0.350 e. The Morgan fingerprint density at radius 1 is 1.24 bits per heavy atom. The third-order valence-corrected chi connectivity index (χ3v) is 3.68. The van der Waals surface area contributed by atoms with Crippen LogP contribution < -0.4 is 16.4 Å². The van der Waals surface area contributed by atoms with E-state index in [-0.39, 0.29) is 11.8 Å². The molecule has 1 unspecified atom stereocenters. The summed E-state index contributed by atoms with van der Waals surface area (Å²) >= 11 is 1.64. The molecule has 1 rings (SSSR count). The Morgan fingerprint density at radius 3 is 2.52 bits per heavy atom. The number of rotatable bonds is 8. The molecule has 0 aromatic heterocycles. The minimum Gasteiger partial charge on any atom is -0.350 e. The van der Waals surface area contributed by atoms with E-state index in [0.29, 0.717) is 13.0 Å². The van der Waals surface area contributed by atoms with E-state index in [0.717, 1.165) is 11.3 Å². The fourth-order valence-corrected chi connectivity index (χ4v) is 2.19. The molecule has 1 aromatic carbocycles. The Bertz CT molecular complexity index is 453. The second-order valence-electron chi connectivity index (χ2n) is 4.82. The topological polar surface area (TPSA) is 84.2 Å². The number of amides is 2. The van der Waals surface area contributed by atoms with E-state index >= 15 is 0 Å². The highest BCUT2D eigenvalue weighted by molar-refractivity contribution is 7.98. The molecule has 0 radical (unpaired) electrons. The lowest BCUT2D eigenvalue weighted by Gasteiger charge is -2.17. The molecule has 0 bridgehead atoms. The molecule has 116 valence electrons. The molecule has 0 aliphatic rings. The first kappa shape index (κ1) is 17.5. The molecule has 6 heteroatoms. The number of carbonyl (C=O) groups excluding carboxylic acids is 2. The molecule has 0 saturated carbocycles. The van der Waals surface area contributed by atoms with Gasteiger partial charge in [0.05, 0.1) is 6.04 Å². The van der Waals surface area contributed by atoms with Gasteiger partial charge in [-0.25, -0.2) is 0 Å². The van der Waals surface area contributed by atoms with Crippen molar-refractivity contribution in [3.05, 3.63) is 35.9 Å². The van der Waals surface area contributed by atoms with Crippen LogP contribution in [0.4, 0.5) is 0 Å². The van der Waals surface area contributed by atoms with Crippen LogP contribution in [0.3, 0.4) is 0 Å². The maximum absolute atomic E-state index is 11.9. The van der Waals surface area contributed by atoms with Crippen molar-refractivity contribution in [3.8, 4) is 0 Å². The molecule has 0 saturated heterocycles. The molecule has 2 amide bonds. The van der Waals surface area contributed by atoms with Gasteiger partial charge in [-0.2, -0.15) is 11.8 Å². The van der Waals surface area contributed by atoms with Crippen molar-refractivity contribution in [3.63, 3.8) is 0 Å². The van der Waals surface area contributed by atoms with Gasteiger partial charge in [-0.3, -0.25) is 9.59 Å². The van der Waals surface area contributed by atoms with Crippen molar-refractivity contribution in [2.45, 2.75) is 32.0 Å². The number of benzene rings is 1. The number of hydrogen-bond donors (Lipinski definition) is 3. The highest BCUT2D eigenvalue weighted by atomic mass is 32.2. The average Bonchev–Trinajstić information content (AvgIpc) is 2.50. The van der Waals surface area contributed by atoms with Gasteiger partial charge < -0.3 is 16.4 Å². The normalized spacial score (nSPS) is 13.3. The van der Waals surface area contributed by atoms with Crippen LogP contribution >= 0.6 is 11.8 Å². The summed E-state index contributed by atoms with van der Waals surface area (Å²) in [6.45, 7) is 2.10. The smallest absolute Gasteiger partial charge is 0.242 e. The molecular formula is C15H23N3O2S. The van der Waals surface area contributed by atoms with Crippen molar-refractivity contribution < 1.29 is 9.59 Å². The summed E-state index contributed by atoms with van der Waals surface area (Å²) in [7, 11) is 0. The standard InChI is InChI=1S/C15H23N3O2S/c1-11(18-15(20)13(16)8-9-21-2)14(19)17-10-12-6-4-3-5-7-12/h3-7,11,13H,8-10,16H2,1-2H3,(H,17,19)(H,18,20)/t11?,13-/m0/s1. The third kappa shape index (κ3) is 6.64. The molecule has 0 aliphatic carbocycles. The Labute approximate surface area is 130 Å². The van der Waals surface area contributed by atoms with E-state index in [1.54, 1.807) is 18.7 Å². The number of thioether (sulfide) groups is 1. The zero-order chi connectivity index (χ0) is 15.7. The average molecular weight is 309 g/mol. The first-order valence-corrected chi connectivity index (χ1v) is 8.30. The van der Waals surface area contributed by atoms with Gasteiger partial charge in [-0.15, -0.1) is 0 Å². The quantitative estimate of drug-likeness (QED) is 0.666. The first-order chi connectivity index (χ1) is 10.0. The van der Waals surface area contributed by atoms with Crippen molar-refractivity contribution in [2.75, 3.05) is 12.0 Å². The summed E-state index contributed by atoms with van der Waals surface area (Å²) in [4.78, 5) is 23.7. The van der Waals surface area contributed by atoms with Gasteiger partial charge in [0.15, 0.2) is 0 Å². The summed E-state index contributed by atoms with van der Waals surface area (Å²) in [5, 5.41) is 5.43. The van der Waals surface area contributed by atoms with Crippen molar-refractivity contribution >= 4 is 23.6 Å². The number of hydrogen-bond acceptors (Lipinski definition) is 4. The Kier molecular flexibility index (Phi) is 7.85. The minimum atomic E-state index is -0.596. The maximum atomic E-state index is 11.9. The molecule has 0 heterocycles. The van der Waals surface area contributed by atoms with Gasteiger partial charge in [-0.05, 0) is 30.9 Å². The molecule has 21 heavy (non-hydrogen) atoms. The predicted molar refractivity (Wildman–Crippen MR) is 86.9 cm³/mol. The second-order valence-corrected chi connectivity index (χ2v) is 5.81. The zero-order valence-electron chi connectivity index (χ0n) is 12.5. The number of nitrogens with one attached hydrogen (secondary N) is 2. The summed E-state index contributed by atoms with van der Waals surface area (Å²) in [5.41, 5.74) is 6.77. The van der Waals surface area contributed by atoms with Gasteiger partial charge in [0.25, 0.3) is 0 Å². The summed E-state index contributed by atoms with van der Waals surface area (Å²) in [5.74, 6) is 0.319. The molecular weight excluding hydrogens is 286 g/mol. The number of carbonyl (C=O) groups is 2. The molecule has 0 aliphatic heterocycles. The summed E-state index contributed by atoms with van der Waals surface area (Å²) in [6, 6.07) is 8.45. The summed E-state index contributed by atoms with van der Waals surface area (Å²) < 4.78 is 0. The first-order valence-electron chi connectivity index (χ1n) is 6.91. The highest BCUT2D eigenvalue weighted by Gasteiger charge is 2.19. The second kappa shape index (κ2) is 9.41. The monoisotopic (exact) mass is 309 g/mol. The van der Waals surface area contributed by atoms with Crippen LogP contribution in [0.1, 0.15) is 18.9 Å². The Morgan fingerprint density at radius 2 is 1.90 bits per heavy atom. The van der Waals surface area contributed by atoms with Crippen LogP contribution in [0.25, 0.3) is 0 Å². The minimum absolute atomic E-state index is 0.218. The van der Waals surface area contributed by atoms with Crippen molar-refractivity contribution in [1.82, 2.24) is 10.6 Å². The van der Waals surface area contributed by atoms with E-state index in [9.17, 15) is 9.59 Å². The Hall–Kier alpha value is -1.53. The van der Waals surface area contributed by atoms with Gasteiger partial charge in [-0.1, -0.05) is 30.3 Å². The SMILES string of the molecule is CSCC[C@H](N)C(=O)NC(C)C(=O)NCc1ccccc1. The van der Waals surface area contributed by atoms with Gasteiger partial charge >= 0.3 is 0 Å². The zero-order valence-corrected chi connectivity index (χ0v) is 13.3. The van der Waals surface area contributed by atoms with Crippen LogP contribution in [-0.2, 0) is 16.1 Å². The van der Waals surface area contributed by atoms with Gasteiger partial charge in [0.1, 0.15) is 6.04 Å². The Balaban J connectivity index is 2.35. The van der Waals surface area contributed by atoms with Crippen LogP contribution in [0, 0.1) is 0 Å². The highest BCUT2D eigenvalue weighted by Crippen LogP contribution is 2.00. The van der Waals surface area contributed by atoms with Gasteiger partial charge in [0, 0.05) is 6.54 Å². The fourth-order valence-electron chi connectivity index (χ4n) is 1.70. The molecule has 0 fully saturated rings. The lowest BCUT2D eigenvalue weighted by molar-refractivity contribution is -0.129. The van der Waals surface area contributed by atoms with Crippen LogP contribution in [0.2, 0.25) is 0 Å². The molecule has 0 spiro atoms. The predicted octanol–water partition coefficient (Wildman–Crippen LogP) is 0.888. The molecule has 4 N–H and O–H groups in total. The lowest BCUT2D eigenvalue weighted by atomic mass is 10.2. The van der Waals surface area contributed by atoms with E-state index < -0.39 is 12.1 Å². The van der Waals surface area contributed by atoms with Crippen LogP contribution in [0.15, 0.2) is 30.3 Å². The van der Waals surface area contributed by atoms with Crippen LogP contribution in [-0.4, -0.2) is 35.9 Å². The lowest BCUT2D eigenvalue weighted by Crippen LogP contribution is -2.50. The molecule has 2 atom stereocenters. The van der Waals surface area contributed by atoms with E-state index in [4.69, 9.17) is 5.73 Å². The van der Waals surface area contributed by atoms with E-state index in [1.165, 1.54) is 0 Å². The molecule has 1 aromatic rings. The number of nitrogens with two attached hydrogens (primary N) is 1. The maximum Gasteiger partial charge on any atom is 0.242 e. The molecule has 5 nitrogen and oxygen atoms in total. The van der Waals surface area contributed by atoms with E-state index in [2.05, 4.69) is 10.6 Å². The van der Waals surface area contributed by atoms with Crippen molar-refractivity contribution in [1.29, 1.82) is 0 Å². The van der Waals surface area contributed by atoms with E-state index in [1.807, 2.05) is 36.6 Å².